The van der Waals surface area contributed by atoms with E-state index in [-0.39, 0.29) is 18.4 Å². The number of hydrogen-bond acceptors (Lipinski definition) is 2. The van der Waals surface area contributed by atoms with E-state index < -0.39 is 29.8 Å². The number of alkyl halides is 6. The Kier molecular flexibility index (Phi) is 6.21. The molecule has 2 nitrogen and oxygen atoms in total. The molecule has 1 unspecified atom stereocenters. The summed E-state index contributed by atoms with van der Waals surface area (Å²) in [4.78, 5) is 0. The van der Waals surface area contributed by atoms with Gasteiger partial charge in [-0.2, -0.15) is 26.3 Å². The van der Waals surface area contributed by atoms with Gasteiger partial charge in [0.1, 0.15) is 0 Å². The quantitative estimate of drug-likeness (QED) is 0.568. The summed E-state index contributed by atoms with van der Waals surface area (Å²) in [5.41, 5.74) is -4.92. The van der Waals surface area contributed by atoms with Crippen LogP contribution in [0.4, 0.5) is 26.3 Å². The molecule has 0 radical (unpaired) electrons. The van der Waals surface area contributed by atoms with Crippen molar-refractivity contribution in [1.29, 1.82) is 0 Å². The van der Waals surface area contributed by atoms with E-state index in [1.807, 2.05) is 20.8 Å². The third-order valence-corrected chi connectivity index (χ3v) is 4.34. The molecule has 0 aromatic heterocycles. The maximum Gasteiger partial charge on any atom is 0.430 e. The van der Waals surface area contributed by atoms with Gasteiger partial charge in [0.05, 0.1) is 0 Å². The van der Waals surface area contributed by atoms with Gasteiger partial charge in [0.25, 0.3) is 5.60 Å². The SMILES string of the molecule is CC(C)(C)Cc1ccc(C(OC2CCCCO2)(C(F)(F)F)C(F)(F)F)cc1. The zero-order valence-corrected chi connectivity index (χ0v) is 15.5. The average molecular weight is 398 g/mol. The maximum atomic E-state index is 13.8. The van der Waals surface area contributed by atoms with Gasteiger partial charge >= 0.3 is 12.4 Å². The van der Waals surface area contributed by atoms with E-state index in [0.717, 1.165) is 12.1 Å². The molecule has 1 atom stereocenters. The van der Waals surface area contributed by atoms with E-state index in [4.69, 9.17) is 4.74 Å². The summed E-state index contributed by atoms with van der Waals surface area (Å²) in [6, 6.07) is 4.28. The second-order valence-corrected chi connectivity index (χ2v) is 8.03. The predicted molar refractivity (Wildman–Crippen MR) is 88.1 cm³/mol. The topological polar surface area (TPSA) is 18.5 Å². The summed E-state index contributed by atoms with van der Waals surface area (Å²) in [5, 5.41) is 0. The number of ether oxygens (including phenoxy) is 2. The Labute approximate surface area is 154 Å². The van der Waals surface area contributed by atoms with Crippen LogP contribution in [0, 0.1) is 5.41 Å². The van der Waals surface area contributed by atoms with Crippen LogP contribution in [0.2, 0.25) is 0 Å². The Balaban J connectivity index is 2.47. The molecule has 1 aromatic rings. The zero-order chi connectivity index (χ0) is 20.5. The second-order valence-electron chi connectivity index (χ2n) is 8.03. The summed E-state index contributed by atoms with van der Waals surface area (Å²) in [5.74, 6) is 0. The van der Waals surface area contributed by atoms with E-state index >= 15 is 0 Å². The van der Waals surface area contributed by atoms with Crippen molar-refractivity contribution in [2.45, 2.75) is 70.7 Å². The molecule has 0 saturated carbocycles. The molecule has 1 aliphatic heterocycles. The molecular formula is C19H24F6O2. The molecule has 0 spiro atoms. The first-order valence-corrected chi connectivity index (χ1v) is 8.78. The third kappa shape index (κ3) is 4.96. The first-order valence-electron chi connectivity index (χ1n) is 8.78. The number of rotatable bonds is 4. The van der Waals surface area contributed by atoms with Crippen LogP contribution in [-0.2, 0) is 21.5 Å². The van der Waals surface area contributed by atoms with Crippen LogP contribution in [0.1, 0.15) is 51.2 Å². The van der Waals surface area contributed by atoms with Crippen LogP contribution in [0.5, 0.6) is 0 Å². The molecule has 0 amide bonds. The van der Waals surface area contributed by atoms with Gasteiger partial charge in [-0.1, -0.05) is 45.0 Å². The number of hydrogen-bond donors (Lipinski definition) is 0. The molecule has 27 heavy (non-hydrogen) atoms. The first-order chi connectivity index (χ1) is 12.3. The average Bonchev–Trinajstić information content (AvgIpc) is 2.50. The van der Waals surface area contributed by atoms with Gasteiger partial charge < -0.3 is 9.47 Å². The van der Waals surface area contributed by atoms with Crippen molar-refractivity contribution < 1.29 is 35.8 Å². The summed E-state index contributed by atoms with van der Waals surface area (Å²) in [6.45, 7) is 5.86. The van der Waals surface area contributed by atoms with Crippen molar-refractivity contribution in [2.24, 2.45) is 5.41 Å². The molecule has 1 aliphatic rings. The smallest absolute Gasteiger partial charge is 0.353 e. The van der Waals surface area contributed by atoms with Crippen molar-refractivity contribution in [3.63, 3.8) is 0 Å². The third-order valence-electron chi connectivity index (χ3n) is 4.34. The minimum absolute atomic E-state index is 0.0178. The lowest BCUT2D eigenvalue weighted by molar-refractivity contribution is -0.419. The summed E-state index contributed by atoms with van der Waals surface area (Å²) in [7, 11) is 0. The van der Waals surface area contributed by atoms with E-state index in [2.05, 4.69) is 4.74 Å². The fraction of sp³-hybridized carbons (Fsp3) is 0.684. The Bertz CT molecular complexity index is 593. The van der Waals surface area contributed by atoms with Crippen molar-refractivity contribution in [1.82, 2.24) is 0 Å². The van der Waals surface area contributed by atoms with Gasteiger partial charge in [-0.15, -0.1) is 0 Å². The minimum atomic E-state index is -5.70. The van der Waals surface area contributed by atoms with Gasteiger partial charge in [0.2, 0.25) is 0 Å². The van der Waals surface area contributed by atoms with Crippen LogP contribution in [0.15, 0.2) is 24.3 Å². The molecule has 1 fully saturated rings. The molecule has 2 rings (SSSR count). The normalized spacial score (nSPS) is 20.0. The zero-order valence-electron chi connectivity index (χ0n) is 15.5. The molecule has 1 aromatic carbocycles. The Morgan fingerprint density at radius 3 is 1.89 bits per heavy atom. The van der Waals surface area contributed by atoms with Crippen molar-refractivity contribution in [3.8, 4) is 0 Å². The molecular weight excluding hydrogens is 374 g/mol. The predicted octanol–water partition coefficient (Wildman–Crippen LogP) is 6.14. The summed E-state index contributed by atoms with van der Waals surface area (Å²) < 4.78 is 92.4. The molecule has 154 valence electrons. The molecule has 0 bridgehead atoms. The van der Waals surface area contributed by atoms with E-state index in [9.17, 15) is 26.3 Å². The minimum Gasteiger partial charge on any atom is -0.353 e. The number of benzene rings is 1. The van der Waals surface area contributed by atoms with Crippen LogP contribution < -0.4 is 0 Å². The highest BCUT2D eigenvalue weighted by atomic mass is 19.4. The van der Waals surface area contributed by atoms with Crippen LogP contribution >= 0.6 is 0 Å². The largest absolute Gasteiger partial charge is 0.430 e. The van der Waals surface area contributed by atoms with E-state index in [0.29, 0.717) is 24.8 Å². The van der Waals surface area contributed by atoms with Crippen molar-refractivity contribution in [2.75, 3.05) is 6.61 Å². The highest BCUT2D eigenvalue weighted by Gasteiger charge is 2.74. The summed E-state index contributed by atoms with van der Waals surface area (Å²) in [6.07, 6.45) is -11.4. The molecule has 1 heterocycles. The van der Waals surface area contributed by atoms with E-state index in [1.54, 1.807) is 0 Å². The number of halogens is 6. The fourth-order valence-corrected chi connectivity index (χ4v) is 3.16. The monoisotopic (exact) mass is 398 g/mol. The van der Waals surface area contributed by atoms with Gasteiger partial charge in [0, 0.05) is 12.2 Å². The highest BCUT2D eigenvalue weighted by molar-refractivity contribution is 5.31. The first kappa shape index (κ1) is 22.0. The second kappa shape index (κ2) is 7.62. The Morgan fingerprint density at radius 1 is 0.926 bits per heavy atom. The van der Waals surface area contributed by atoms with Crippen molar-refractivity contribution in [3.05, 3.63) is 35.4 Å². The lowest BCUT2D eigenvalue weighted by atomic mass is 9.86. The summed E-state index contributed by atoms with van der Waals surface area (Å²) >= 11 is 0. The van der Waals surface area contributed by atoms with Gasteiger partial charge in [0.15, 0.2) is 6.29 Å². The van der Waals surface area contributed by atoms with Gasteiger partial charge in [-0.25, -0.2) is 0 Å². The molecule has 0 aliphatic carbocycles. The Morgan fingerprint density at radius 2 is 1.48 bits per heavy atom. The lowest BCUT2D eigenvalue weighted by Gasteiger charge is -2.40. The van der Waals surface area contributed by atoms with Crippen LogP contribution in [0.25, 0.3) is 0 Å². The standard InChI is InChI=1S/C19H24F6O2/c1-16(2,3)12-13-7-9-14(10-8-13)17(18(20,21)22,19(23,24)25)27-15-6-4-5-11-26-15/h7-10,15H,4-6,11-12H2,1-3H3. The lowest BCUT2D eigenvalue weighted by Crippen LogP contribution is -2.58. The molecule has 1 saturated heterocycles. The van der Waals surface area contributed by atoms with Gasteiger partial charge in [-0.3, -0.25) is 0 Å². The fourth-order valence-electron chi connectivity index (χ4n) is 3.16. The van der Waals surface area contributed by atoms with Crippen LogP contribution in [-0.4, -0.2) is 25.2 Å². The van der Waals surface area contributed by atoms with E-state index in [1.165, 1.54) is 12.1 Å². The Hall–Kier alpha value is -1.28. The molecule has 8 heteroatoms. The highest BCUT2D eigenvalue weighted by Crippen LogP contribution is 2.54. The molecule has 0 N–H and O–H groups in total. The van der Waals surface area contributed by atoms with Crippen molar-refractivity contribution >= 4 is 0 Å². The maximum absolute atomic E-state index is 13.8. The van der Waals surface area contributed by atoms with Crippen LogP contribution in [0.3, 0.4) is 0 Å². The van der Waals surface area contributed by atoms with Gasteiger partial charge in [-0.05, 0) is 36.7 Å².